The number of hydrogen-bond donors (Lipinski definition) is 1. The molecule has 1 aromatic carbocycles. The van der Waals surface area contributed by atoms with Gasteiger partial charge in [-0.3, -0.25) is 0 Å². The predicted octanol–water partition coefficient (Wildman–Crippen LogP) is 4.04. The van der Waals surface area contributed by atoms with Crippen molar-refractivity contribution in [2.45, 2.75) is 25.3 Å². The van der Waals surface area contributed by atoms with Crippen LogP contribution in [0.25, 0.3) is 0 Å². The van der Waals surface area contributed by atoms with E-state index in [0.29, 0.717) is 12.0 Å². The first-order valence-corrected chi connectivity index (χ1v) is 7.18. The van der Waals surface area contributed by atoms with E-state index in [1.54, 1.807) is 29.5 Å². The summed E-state index contributed by atoms with van der Waals surface area (Å²) < 4.78 is 13.7. The van der Waals surface area contributed by atoms with Gasteiger partial charge >= 0.3 is 0 Å². The second-order valence-electron chi connectivity index (χ2n) is 4.35. The van der Waals surface area contributed by atoms with Gasteiger partial charge in [0.05, 0.1) is 5.02 Å². The van der Waals surface area contributed by atoms with Crippen LogP contribution in [0.4, 0.5) is 4.39 Å². The lowest BCUT2D eigenvalue weighted by atomic mass is 10.0. The standard InChI is InChI=1S/C14H15ClFNS/c15-13-3-1-2-11(14(13)16)8-12(17)5-4-10-6-7-18-9-10/h1-3,6-7,9,12H,4-5,8,17H2. The van der Waals surface area contributed by atoms with Crippen LogP contribution in [0.1, 0.15) is 17.5 Å². The van der Waals surface area contributed by atoms with Crippen molar-refractivity contribution >= 4 is 22.9 Å². The van der Waals surface area contributed by atoms with Crippen LogP contribution < -0.4 is 5.73 Å². The molecule has 4 heteroatoms. The summed E-state index contributed by atoms with van der Waals surface area (Å²) in [4.78, 5) is 0. The third-order valence-corrected chi connectivity index (χ3v) is 3.92. The van der Waals surface area contributed by atoms with Gasteiger partial charge in [0.2, 0.25) is 0 Å². The fraction of sp³-hybridized carbons (Fsp3) is 0.286. The molecule has 1 unspecified atom stereocenters. The van der Waals surface area contributed by atoms with E-state index in [0.717, 1.165) is 12.8 Å². The first-order chi connectivity index (χ1) is 8.66. The van der Waals surface area contributed by atoms with E-state index in [4.69, 9.17) is 17.3 Å². The molecule has 0 saturated carbocycles. The van der Waals surface area contributed by atoms with Crippen molar-refractivity contribution in [3.05, 3.63) is 57.0 Å². The Balaban J connectivity index is 1.90. The molecule has 1 aromatic heterocycles. The summed E-state index contributed by atoms with van der Waals surface area (Å²) in [5.74, 6) is -0.342. The van der Waals surface area contributed by atoms with Crippen molar-refractivity contribution in [3.8, 4) is 0 Å². The highest BCUT2D eigenvalue weighted by Crippen LogP contribution is 2.19. The van der Waals surface area contributed by atoms with Gasteiger partial charge in [-0.1, -0.05) is 23.7 Å². The van der Waals surface area contributed by atoms with Crippen LogP contribution in [-0.2, 0) is 12.8 Å². The molecule has 2 rings (SSSR count). The molecule has 1 atom stereocenters. The maximum Gasteiger partial charge on any atom is 0.145 e. The molecule has 0 bridgehead atoms. The van der Waals surface area contributed by atoms with Crippen molar-refractivity contribution in [1.82, 2.24) is 0 Å². The second-order valence-corrected chi connectivity index (χ2v) is 5.53. The van der Waals surface area contributed by atoms with Gasteiger partial charge in [0.15, 0.2) is 0 Å². The highest BCUT2D eigenvalue weighted by Gasteiger charge is 2.10. The van der Waals surface area contributed by atoms with Crippen molar-refractivity contribution < 1.29 is 4.39 Å². The topological polar surface area (TPSA) is 26.0 Å². The second kappa shape index (κ2) is 6.32. The molecule has 0 aliphatic heterocycles. The van der Waals surface area contributed by atoms with Crippen LogP contribution in [0.15, 0.2) is 35.0 Å². The molecule has 0 amide bonds. The zero-order valence-electron chi connectivity index (χ0n) is 9.90. The highest BCUT2D eigenvalue weighted by molar-refractivity contribution is 7.07. The number of hydrogen-bond acceptors (Lipinski definition) is 2. The van der Waals surface area contributed by atoms with E-state index in [-0.39, 0.29) is 16.9 Å². The number of halogens is 2. The van der Waals surface area contributed by atoms with E-state index in [1.165, 1.54) is 5.56 Å². The number of benzene rings is 1. The third kappa shape index (κ3) is 3.55. The van der Waals surface area contributed by atoms with Crippen molar-refractivity contribution in [2.24, 2.45) is 5.73 Å². The quantitative estimate of drug-likeness (QED) is 0.880. The van der Waals surface area contributed by atoms with Gasteiger partial charge in [-0.2, -0.15) is 11.3 Å². The number of thiophene rings is 1. The van der Waals surface area contributed by atoms with Gasteiger partial charge in [0.25, 0.3) is 0 Å². The zero-order chi connectivity index (χ0) is 13.0. The molecule has 0 aliphatic rings. The van der Waals surface area contributed by atoms with Crippen molar-refractivity contribution in [2.75, 3.05) is 0 Å². The van der Waals surface area contributed by atoms with Crippen LogP contribution >= 0.6 is 22.9 Å². The molecular formula is C14H15ClFNS. The van der Waals surface area contributed by atoms with Crippen LogP contribution in [-0.4, -0.2) is 6.04 Å². The Kier molecular flexibility index (Phi) is 4.75. The molecular weight excluding hydrogens is 269 g/mol. The SMILES string of the molecule is NC(CCc1ccsc1)Cc1cccc(Cl)c1F. The normalized spacial score (nSPS) is 12.6. The Bertz CT molecular complexity index is 499. The maximum atomic E-state index is 13.7. The lowest BCUT2D eigenvalue weighted by Gasteiger charge is -2.12. The number of rotatable bonds is 5. The highest BCUT2D eigenvalue weighted by atomic mass is 35.5. The smallest absolute Gasteiger partial charge is 0.145 e. The van der Waals surface area contributed by atoms with Crippen molar-refractivity contribution in [1.29, 1.82) is 0 Å². The van der Waals surface area contributed by atoms with E-state index in [9.17, 15) is 4.39 Å². The van der Waals surface area contributed by atoms with Crippen LogP contribution in [0.3, 0.4) is 0 Å². The fourth-order valence-electron chi connectivity index (χ4n) is 1.88. The minimum atomic E-state index is -0.342. The summed E-state index contributed by atoms with van der Waals surface area (Å²) in [6, 6.07) is 7.10. The first kappa shape index (κ1) is 13.5. The molecule has 2 aromatic rings. The summed E-state index contributed by atoms with van der Waals surface area (Å²) in [6.07, 6.45) is 2.31. The molecule has 1 nitrogen and oxygen atoms in total. The molecule has 0 fully saturated rings. The van der Waals surface area contributed by atoms with Crippen LogP contribution in [0.5, 0.6) is 0 Å². The summed E-state index contributed by atoms with van der Waals surface area (Å²) in [6.45, 7) is 0. The Labute approximate surface area is 115 Å². The summed E-state index contributed by atoms with van der Waals surface area (Å²) in [7, 11) is 0. The Morgan fingerprint density at radius 3 is 2.89 bits per heavy atom. The number of aryl methyl sites for hydroxylation is 1. The molecule has 1 heterocycles. The molecule has 0 spiro atoms. The Morgan fingerprint density at radius 1 is 1.33 bits per heavy atom. The molecule has 2 N–H and O–H groups in total. The van der Waals surface area contributed by atoms with Crippen molar-refractivity contribution in [3.63, 3.8) is 0 Å². The fourth-order valence-corrected chi connectivity index (χ4v) is 2.77. The molecule has 0 radical (unpaired) electrons. The Hall–Kier alpha value is -0.900. The van der Waals surface area contributed by atoms with E-state index in [2.05, 4.69) is 16.8 Å². The monoisotopic (exact) mass is 283 g/mol. The van der Waals surface area contributed by atoms with E-state index < -0.39 is 0 Å². The number of nitrogens with two attached hydrogens (primary N) is 1. The van der Waals surface area contributed by atoms with E-state index >= 15 is 0 Å². The predicted molar refractivity (Wildman–Crippen MR) is 75.7 cm³/mol. The van der Waals surface area contributed by atoms with Gasteiger partial charge in [-0.25, -0.2) is 4.39 Å². The minimum Gasteiger partial charge on any atom is -0.327 e. The van der Waals surface area contributed by atoms with E-state index in [1.807, 2.05) is 0 Å². The molecule has 96 valence electrons. The Morgan fingerprint density at radius 2 is 2.17 bits per heavy atom. The van der Waals surface area contributed by atoms with Gasteiger partial charge in [-0.15, -0.1) is 0 Å². The zero-order valence-corrected chi connectivity index (χ0v) is 11.5. The molecule has 18 heavy (non-hydrogen) atoms. The molecule has 0 aliphatic carbocycles. The van der Waals surface area contributed by atoms with Crippen LogP contribution in [0, 0.1) is 5.82 Å². The summed E-state index contributed by atoms with van der Waals surface area (Å²) >= 11 is 7.42. The summed E-state index contributed by atoms with van der Waals surface area (Å²) in [5, 5.41) is 4.34. The van der Waals surface area contributed by atoms with Gasteiger partial charge in [0.1, 0.15) is 5.82 Å². The summed E-state index contributed by atoms with van der Waals surface area (Å²) in [5.41, 5.74) is 7.93. The average molecular weight is 284 g/mol. The minimum absolute atomic E-state index is 0.0436. The van der Waals surface area contributed by atoms with Gasteiger partial charge in [0, 0.05) is 6.04 Å². The lowest BCUT2D eigenvalue weighted by molar-refractivity contribution is 0.567. The van der Waals surface area contributed by atoms with Crippen LogP contribution in [0.2, 0.25) is 5.02 Å². The lowest BCUT2D eigenvalue weighted by Crippen LogP contribution is -2.24. The largest absolute Gasteiger partial charge is 0.327 e. The van der Waals surface area contributed by atoms with Gasteiger partial charge in [-0.05, 0) is 53.3 Å². The average Bonchev–Trinajstić information content (AvgIpc) is 2.86. The maximum absolute atomic E-state index is 13.7. The third-order valence-electron chi connectivity index (χ3n) is 2.90. The molecule has 0 saturated heterocycles. The van der Waals surface area contributed by atoms with Gasteiger partial charge < -0.3 is 5.73 Å². The first-order valence-electron chi connectivity index (χ1n) is 5.86.